The third kappa shape index (κ3) is 5.32. The van der Waals surface area contributed by atoms with Crippen LogP contribution >= 0.6 is 0 Å². The highest BCUT2D eigenvalue weighted by molar-refractivity contribution is 5.95. The molecule has 0 bridgehead atoms. The largest absolute Gasteiger partial charge is 0.478 e. The molecule has 2 aliphatic heterocycles. The van der Waals surface area contributed by atoms with Crippen molar-refractivity contribution in [3.05, 3.63) is 47.7 Å². The predicted molar refractivity (Wildman–Crippen MR) is 139 cm³/mol. The minimum Gasteiger partial charge on any atom is -0.478 e. The summed E-state index contributed by atoms with van der Waals surface area (Å²) in [5, 5.41) is 15.6. The molecule has 2 fully saturated rings. The monoisotopic (exact) mass is 489 g/mol. The Bertz CT molecular complexity index is 1190. The van der Waals surface area contributed by atoms with E-state index in [2.05, 4.69) is 14.9 Å². The first-order valence-corrected chi connectivity index (χ1v) is 12.5. The molecule has 4 heterocycles. The molecule has 3 aromatic rings. The molecule has 0 unspecified atom stereocenters. The SMILES string of the molecule is CN(/N=C\c1ccc(-c2ccccc2C(=O)O)o1)c1nc(N2CCCCC2)nc(N2CCCCC2)n1. The van der Waals surface area contributed by atoms with E-state index in [4.69, 9.17) is 19.4 Å². The van der Waals surface area contributed by atoms with Crippen LogP contribution in [0.25, 0.3) is 11.3 Å². The summed E-state index contributed by atoms with van der Waals surface area (Å²) in [6, 6.07) is 10.3. The molecular formula is C26H31N7O3. The topological polar surface area (TPSA) is 111 Å². The number of benzene rings is 1. The molecule has 0 saturated carbocycles. The number of aromatic carboxylic acids is 1. The van der Waals surface area contributed by atoms with Crippen molar-refractivity contribution in [2.24, 2.45) is 5.10 Å². The zero-order valence-electron chi connectivity index (χ0n) is 20.5. The lowest BCUT2D eigenvalue weighted by Crippen LogP contribution is -2.35. The summed E-state index contributed by atoms with van der Waals surface area (Å²) in [4.78, 5) is 30.3. The van der Waals surface area contributed by atoms with E-state index in [0.29, 0.717) is 34.9 Å². The second-order valence-electron chi connectivity index (χ2n) is 9.15. The molecule has 0 amide bonds. The Morgan fingerprint density at radius 2 is 1.53 bits per heavy atom. The average molecular weight is 490 g/mol. The van der Waals surface area contributed by atoms with Gasteiger partial charge in [-0.2, -0.15) is 20.1 Å². The number of furan rings is 1. The Labute approximate surface area is 210 Å². The molecule has 2 saturated heterocycles. The van der Waals surface area contributed by atoms with Gasteiger partial charge in [0.25, 0.3) is 5.95 Å². The van der Waals surface area contributed by atoms with Gasteiger partial charge in [-0.05, 0) is 56.7 Å². The molecule has 36 heavy (non-hydrogen) atoms. The van der Waals surface area contributed by atoms with Crippen LogP contribution in [0.1, 0.15) is 54.6 Å². The first kappa shape index (κ1) is 23.8. The third-order valence-electron chi connectivity index (χ3n) is 6.58. The second kappa shape index (κ2) is 10.8. The number of aromatic nitrogens is 3. The minimum atomic E-state index is -0.999. The van der Waals surface area contributed by atoms with Gasteiger partial charge in [0, 0.05) is 38.8 Å². The maximum atomic E-state index is 11.6. The number of rotatable bonds is 7. The normalized spacial score (nSPS) is 16.5. The summed E-state index contributed by atoms with van der Waals surface area (Å²) in [6.07, 6.45) is 8.61. The number of hydrazone groups is 1. The van der Waals surface area contributed by atoms with Crippen molar-refractivity contribution in [1.82, 2.24) is 15.0 Å². The van der Waals surface area contributed by atoms with Crippen molar-refractivity contribution < 1.29 is 14.3 Å². The fraction of sp³-hybridized carbons (Fsp3) is 0.423. The zero-order chi connectivity index (χ0) is 24.9. The van der Waals surface area contributed by atoms with Gasteiger partial charge in [0.2, 0.25) is 11.9 Å². The Morgan fingerprint density at radius 3 is 2.14 bits per heavy atom. The molecule has 1 N–H and O–H groups in total. The fourth-order valence-electron chi connectivity index (χ4n) is 4.61. The molecular weight excluding hydrogens is 458 g/mol. The van der Waals surface area contributed by atoms with Crippen LogP contribution in [0.3, 0.4) is 0 Å². The highest BCUT2D eigenvalue weighted by Gasteiger charge is 2.21. The number of hydrogen-bond donors (Lipinski definition) is 1. The standard InChI is InChI=1S/C26H31N7O3/c1-31(27-18-19-12-13-22(36-19)20-10-4-5-11-21(20)23(34)35)24-28-25(32-14-6-2-7-15-32)30-26(29-24)33-16-8-3-9-17-33/h4-5,10-13,18H,2-3,6-9,14-17H2,1H3,(H,34,35)/b27-18-. The third-order valence-corrected chi connectivity index (χ3v) is 6.58. The van der Waals surface area contributed by atoms with Gasteiger partial charge in [-0.3, -0.25) is 0 Å². The predicted octanol–water partition coefficient (Wildman–Crippen LogP) is 4.28. The Kier molecular flexibility index (Phi) is 7.11. The highest BCUT2D eigenvalue weighted by atomic mass is 16.4. The van der Waals surface area contributed by atoms with Gasteiger partial charge >= 0.3 is 5.97 Å². The summed E-state index contributed by atoms with van der Waals surface area (Å²) in [5.74, 6) is 1.85. The fourth-order valence-corrected chi connectivity index (χ4v) is 4.61. The van der Waals surface area contributed by atoms with E-state index in [1.165, 1.54) is 12.8 Å². The van der Waals surface area contributed by atoms with Crippen LogP contribution in [0.4, 0.5) is 17.8 Å². The maximum Gasteiger partial charge on any atom is 0.336 e. The van der Waals surface area contributed by atoms with Crippen LogP contribution in [-0.2, 0) is 0 Å². The van der Waals surface area contributed by atoms with E-state index < -0.39 is 5.97 Å². The summed E-state index contributed by atoms with van der Waals surface area (Å²) in [7, 11) is 1.80. The summed E-state index contributed by atoms with van der Waals surface area (Å²) in [6.45, 7) is 3.79. The molecule has 5 rings (SSSR count). The van der Waals surface area contributed by atoms with E-state index in [1.807, 2.05) is 0 Å². The van der Waals surface area contributed by atoms with E-state index in [9.17, 15) is 9.90 Å². The number of anilines is 3. The quantitative estimate of drug-likeness (QED) is 0.384. The van der Waals surface area contributed by atoms with Crippen LogP contribution < -0.4 is 14.8 Å². The lowest BCUT2D eigenvalue weighted by molar-refractivity contribution is 0.0697. The lowest BCUT2D eigenvalue weighted by Gasteiger charge is -2.30. The molecule has 2 aliphatic rings. The van der Waals surface area contributed by atoms with E-state index >= 15 is 0 Å². The van der Waals surface area contributed by atoms with Crippen molar-refractivity contribution in [3.8, 4) is 11.3 Å². The molecule has 188 valence electrons. The average Bonchev–Trinajstić information content (AvgIpc) is 3.41. The first-order chi connectivity index (χ1) is 17.6. The molecule has 2 aromatic heterocycles. The van der Waals surface area contributed by atoms with Crippen LogP contribution in [0, 0.1) is 0 Å². The maximum absolute atomic E-state index is 11.6. The van der Waals surface area contributed by atoms with Crippen molar-refractivity contribution in [2.45, 2.75) is 38.5 Å². The minimum absolute atomic E-state index is 0.188. The van der Waals surface area contributed by atoms with Crippen molar-refractivity contribution >= 4 is 30.0 Å². The molecule has 0 atom stereocenters. The highest BCUT2D eigenvalue weighted by Crippen LogP contribution is 2.26. The van der Waals surface area contributed by atoms with Gasteiger partial charge in [-0.15, -0.1) is 0 Å². The van der Waals surface area contributed by atoms with Crippen LogP contribution in [-0.4, -0.2) is 65.5 Å². The van der Waals surface area contributed by atoms with Crippen molar-refractivity contribution in [3.63, 3.8) is 0 Å². The number of carboxylic acids is 1. The summed E-state index contributed by atoms with van der Waals surface area (Å²) < 4.78 is 5.88. The molecule has 0 spiro atoms. The number of piperidine rings is 2. The second-order valence-corrected chi connectivity index (χ2v) is 9.15. The van der Waals surface area contributed by atoms with Crippen molar-refractivity contribution in [1.29, 1.82) is 0 Å². The van der Waals surface area contributed by atoms with Crippen LogP contribution in [0.5, 0.6) is 0 Å². The summed E-state index contributed by atoms with van der Waals surface area (Å²) >= 11 is 0. The van der Waals surface area contributed by atoms with E-state index in [0.717, 1.165) is 51.9 Å². The van der Waals surface area contributed by atoms with Gasteiger partial charge < -0.3 is 19.3 Å². The summed E-state index contributed by atoms with van der Waals surface area (Å²) in [5.41, 5.74) is 0.709. The van der Waals surface area contributed by atoms with E-state index in [-0.39, 0.29) is 5.56 Å². The Hall–Kier alpha value is -3.95. The zero-order valence-corrected chi connectivity index (χ0v) is 20.5. The molecule has 0 radical (unpaired) electrons. The molecule has 10 heteroatoms. The Morgan fingerprint density at radius 1 is 0.917 bits per heavy atom. The van der Waals surface area contributed by atoms with Crippen molar-refractivity contribution in [2.75, 3.05) is 48.0 Å². The smallest absolute Gasteiger partial charge is 0.336 e. The van der Waals surface area contributed by atoms with Crippen LogP contribution in [0.15, 0.2) is 45.9 Å². The van der Waals surface area contributed by atoms with Gasteiger partial charge in [0.1, 0.15) is 11.5 Å². The first-order valence-electron chi connectivity index (χ1n) is 12.5. The molecule has 0 aliphatic carbocycles. The molecule has 1 aromatic carbocycles. The lowest BCUT2D eigenvalue weighted by atomic mass is 10.1. The van der Waals surface area contributed by atoms with Gasteiger partial charge in [0.05, 0.1) is 11.8 Å². The van der Waals surface area contributed by atoms with Gasteiger partial charge in [0.15, 0.2) is 0 Å². The van der Waals surface area contributed by atoms with Gasteiger partial charge in [-0.25, -0.2) is 9.80 Å². The van der Waals surface area contributed by atoms with Gasteiger partial charge in [-0.1, -0.05) is 18.2 Å². The van der Waals surface area contributed by atoms with Crippen LogP contribution in [0.2, 0.25) is 0 Å². The number of carbonyl (C=O) groups is 1. The number of nitrogens with zero attached hydrogens (tertiary/aromatic N) is 7. The molecule has 10 nitrogen and oxygen atoms in total. The van der Waals surface area contributed by atoms with E-state index in [1.54, 1.807) is 54.7 Å². The Balaban J connectivity index is 1.39. The number of hydrogen-bond acceptors (Lipinski definition) is 9. The number of carboxylic acid groups (broad SMARTS) is 1.